The Kier molecular flexibility index (Phi) is 3.83. The third kappa shape index (κ3) is 3.34. The fourth-order valence-corrected chi connectivity index (χ4v) is 2.42. The molecule has 4 heteroatoms. The molecule has 3 rings (SSSR count). The van der Waals surface area contributed by atoms with Crippen LogP contribution in [0, 0.1) is 6.92 Å². The normalized spacial score (nSPS) is 17.7. The van der Waals surface area contributed by atoms with Crippen LogP contribution in [0.2, 0.25) is 0 Å². The van der Waals surface area contributed by atoms with Crippen LogP contribution in [0.25, 0.3) is 10.9 Å². The van der Waals surface area contributed by atoms with E-state index >= 15 is 0 Å². The third-order valence-corrected chi connectivity index (χ3v) is 3.85. The van der Waals surface area contributed by atoms with E-state index in [1.54, 1.807) is 0 Å². The highest BCUT2D eigenvalue weighted by Gasteiger charge is 2.32. The molecule has 2 N–H and O–H groups in total. The van der Waals surface area contributed by atoms with Gasteiger partial charge in [-0.25, -0.2) is 4.98 Å². The number of aliphatic hydroxyl groups excluding tert-OH is 1. The van der Waals surface area contributed by atoms with Crippen molar-refractivity contribution >= 4 is 10.9 Å². The predicted molar refractivity (Wildman–Crippen MR) is 83.6 cm³/mol. The first kappa shape index (κ1) is 14.3. The number of nitrogens with zero attached hydrogens (tertiary/aromatic N) is 1. The fourth-order valence-electron chi connectivity index (χ4n) is 2.42. The largest absolute Gasteiger partial charge is 0.489 e. The van der Waals surface area contributed by atoms with Crippen LogP contribution in [-0.2, 0) is 0 Å². The van der Waals surface area contributed by atoms with E-state index in [2.05, 4.69) is 16.4 Å². The highest BCUT2D eigenvalue weighted by atomic mass is 16.5. The molecule has 0 spiro atoms. The Morgan fingerprint density at radius 1 is 1.33 bits per heavy atom. The zero-order valence-electron chi connectivity index (χ0n) is 12.6. The van der Waals surface area contributed by atoms with Gasteiger partial charge in [0.1, 0.15) is 17.9 Å². The second-order valence-corrected chi connectivity index (χ2v) is 6.21. The van der Waals surface area contributed by atoms with Gasteiger partial charge in [0.25, 0.3) is 0 Å². The Balaban J connectivity index is 1.79. The van der Waals surface area contributed by atoms with Crippen molar-refractivity contribution < 1.29 is 9.84 Å². The number of aliphatic hydroxyl groups is 1. The van der Waals surface area contributed by atoms with Crippen LogP contribution in [-0.4, -0.2) is 34.9 Å². The number of nitrogens with one attached hydrogen (secondary N) is 1. The van der Waals surface area contributed by atoms with Crippen LogP contribution < -0.4 is 10.1 Å². The molecule has 4 nitrogen and oxygen atoms in total. The molecule has 1 aliphatic rings. The summed E-state index contributed by atoms with van der Waals surface area (Å²) in [4.78, 5) is 4.57. The summed E-state index contributed by atoms with van der Waals surface area (Å²) in [5, 5.41) is 14.2. The lowest BCUT2D eigenvalue weighted by Crippen LogP contribution is -2.51. The Morgan fingerprint density at radius 2 is 2.14 bits per heavy atom. The summed E-state index contributed by atoms with van der Waals surface area (Å²) in [6, 6.07) is 10.5. The van der Waals surface area contributed by atoms with E-state index in [1.807, 2.05) is 38.1 Å². The zero-order valence-corrected chi connectivity index (χ0v) is 12.6. The van der Waals surface area contributed by atoms with E-state index in [0.29, 0.717) is 12.6 Å². The van der Waals surface area contributed by atoms with Gasteiger partial charge in [-0.15, -0.1) is 0 Å². The number of hydrogen-bond acceptors (Lipinski definition) is 4. The molecule has 1 heterocycles. The van der Waals surface area contributed by atoms with Crippen molar-refractivity contribution in [1.29, 1.82) is 0 Å². The number of para-hydroxylation sites is 1. The van der Waals surface area contributed by atoms with Crippen molar-refractivity contribution in [2.75, 3.05) is 13.2 Å². The lowest BCUT2D eigenvalue weighted by molar-refractivity contribution is 0.115. The Bertz CT molecular complexity index is 640. The average molecular weight is 286 g/mol. The van der Waals surface area contributed by atoms with Crippen molar-refractivity contribution in [1.82, 2.24) is 10.3 Å². The Hall–Kier alpha value is -1.65. The number of aryl methyl sites for hydroxylation is 1. The van der Waals surface area contributed by atoms with Crippen LogP contribution in [0.15, 0.2) is 30.3 Å². The summed E-state index contributed by atoms with van der Waals surface area (Å²) in [5.41, 5.74) is 1.44. The van der Waals surface area contributed by atoms with Gasteiger partial charge in [0.15, 0.2) is 0 Å². The number of hydrogen-bond donors (Lipinski definition) is 2. The zero-order chi connectivity index (χ0) is 14.9. The monoisotopic (exact) mass is 286 g/mol. The van der Waals surface area contributed by atoms with Crippen molar-refractivity contribution in [3.8, 4) is 5.75 Å². The van der Waals surface area contributed by atoms with Gasteiger partial charge in [-0.05, 0) is 38.8 Å². The molecule has 1 aromatic carbocycles. The minimum absolute atomic E-state index is 0.0563. The van der Waals surface area contributed by atoms with E-state index < -0.39 is 5.54 Å². The van der Waals surface area contributed by atoms with Crippen molar-refractivity contribution in [2.45, 2.75) is 38.3 Å². The Morgan fingerprint density at radius 3 is 2.86 bits per heavy atom. The van der Waals surface area contributed by atoms with E-state index in [4.69, 9.17) is 4.74 Å². The molecule has 0 bridgehead atoms. The molecule has 112 valence electrons. The highest BCUT2D eigenvalue weighted by Crippen LogP contribution is 2.26. The van der Waals surface area contributed by atoms with Crippen LogP contribution in [0.3, 0.4) is 0 Å². The van der Waals surface area contributed by atoms with Crippen molar-refractivity contribution in [2.24, 2.45) is 0 Å². The number of fused-ring (bicyclic) bond motifs is 1. The standard InChI is InChI=1S/C17H22N2O2/c1-12-6-7-13-4-3-5-15(16(13)18-12)21-11-17(2,10-20)19-14-8-9-14/h3-7,14,19-20H,8-11H2,1-2H3. The number of pyridine rings is 1. The maximum Gasteiger partial charge on any atom is 0.145 e. The topological polar surface area (TPSA) is 54.4 Å². The van der Waals surface area contributed by atoms with Gasteiger partial charge in [0, 0.05) is 17.1 Å². The first-order chi connectivity index (χ1) is 10.1. The Labute approximate surface area is 125 Å². The summed E-state index contributed by atoms with van der Waals surface area (Å²) < 4.78 is 5.97. The van der Waals surface area contributed by atoms with Crippen LogP contribution in [0.5, 0.6) is 5.75 Å². The number of aromatic nitrogens is 1. The van der Waals surface area contributed by atoms with E-state index in [1.165, 1.54) is 12.8 Å². The molecule has 1 fully saturated rings. The maximum absolute atomic E-state index is 9.64. The number of rotatable bonds is 6. The minimum Gasteiger partial charge on any atom is -0.489 e. The molecule has 1 aliphatic carbocycles. The quantitative estimate of drug-likeness (QED) is 0.856. The molecule has 1 atom stereocenters. The second kappa shape index (κ2) is 5.62. The average Bonchev–Trinajstić information content (AvgIpc) is 3.29. The predicted octanol–water partition coefficient (Wildman–Crippen LogP) is 2.43. The smallest absolute Gasteiger partial charge is 0.145 e. The molecule has 0 radical (unpaired) electrons. The number of ether oxygens (including phenoxy) is 1. The molecular formula is C17H22N2O2. The molecule has 1 aromatic heterocycles. The van der Waals surface area contributed by atoms with Crippen molar-refractivity contribution in [3.63, 3.8) is 0 Å². The van der Waals surface area contributed by atoms with Gasteiger partial charge in [-0.1, -0.05) is 18.2 Å². The summed E-state index contributed by atoms with van der Waals surface area (Å²) in [6.07, 6.45) is 2.37. The molecular weight excluding hydrogens is 264 g/mol. The molecule has 1 saturated carbocycles. The third-order valence-electron chi connectivity index (χ3n) is 3.85. The second-order valence-electron chi connectivity index (χ2n) is 6.21. The first-order valence-corrected chi connectivity index (χ1v) is 7.47. The van der Waals surface area contributed by atoms with Crippen LogP contribution in [0.4, 0.5) is 0 Å². The van der Waals surface area contributed by atoms with Gasteiger partial charge >= 0.3 is 0 Å². The maximum atomic E-state index is 9.64. The lowest BCUT2D eigenvalue weighted by Gasteiger charge is -2.29. The number of benzene rings is 1. The molecule has 0 amide bonds. The van der Waals surface area contributed by atoms with Gasteiger partial charge < -0.3 is 15.2 Å². The lowest BCUT2D eigenvalue weighted by atomic mass is 10.1. The van der Waals surface area contributed by atoms with Crippen molar-refractivity contribution in [3.05, 3.63) is 36.0 Å². The summed E-state index contributed by atoms with van der Waals surface area (Å²) >= 11 is 0. The van der Waals surface area contributed by atoms with Gasteiger partial charge in [0.05, 0.1) is 12.1 Å². The molecule has 1 unspecified atom stereocenters. The SMILES string of the molecule is Cc1ccc2cccc(OCC(C)(CO)NC3CC3)c2n1. The molecule has 21 heavy (non-hydrogen) atoms. The summed E-state index contributed by atoms with van der Waals surface area (Å²) in [6.45, 7) is 4.45. The minimum atomic E-state index is -0.410. The van der Waals surface area contributed by atoms with E-state index in [9.17, 15) is 5.11 Å². The molecule has 0 aliphatic heterocycles. The molecule has 0 saturated heterocycles. The highest BCUT2D eigenvalue weighted by molar-refractivity contribution is 5.84. The first-order valence-electron chi connectivity index (χ1n) is 7.47. The fraction of sp³-hybridized carbons (Fsp3) is 0.471. The van der Waals surface area contributed by atoms with Gasteiger partial charge in [-0.3, -0.25) is 0 Å². The summed E-state index contributed by atoms with van der Waals surface area (Å²) in [5.74, 6) is 0.772. The van der Waals surface area contributed by atoms with E-state index in [0.717, 1.165) is 22.3 Å². The van der Waals surface area contributed by atoms with Crippen LogP contribution in [0.1, 0.15) is 25.5 Å². The van der Waals surface area contributed by atoms with Gasteiger partial charge in [0.2, 0.25) is 0 Å². The van der Waals surface area contributed by atoms with Crippen LogP contribution >= 0.6 is 0 Å². The summed E-state index contributed by atoms with van der Waals surface area (Å²) in [7, 11) is 0. The van der Waals surface area contributed by atoms with Gasteiger partial charge in [-0.2, -0.15) is 0 Å². The van der Waals surface area contributed by atoms with E-state index in [-0.39, 0.29) is 6.61 Å². The molecule has 2 aromatic rings.